The lowest BCUT2D eigenvalue weighted by Crippen LogP contribution is -2.76. The third kappa shape index (κ3) is 6.92. The molecule has 1 saturated carbocycles. The van der Waals surface area contributed by atoms with Gasteiger partial charge in [0.15, 0.2) is 16.9 Å². The van der Waals surface area contributed by atoms with E-state index < -0.39 is 57.2 Å². The number of thiazole rings is 1. The number of nitrogens with two attached hydrogens (primary N) is 2. The SMILES string of the molecule is CC1(C)[C@H](NC(=O)/C(=N\O[C@](C)(C(=O)O)[C@H]2CCc3cc(C(=N)N[C@H]4C[C@H](CN)C4)ccc3O2)c2csc(N)n2)C(=O)N1OS(=O)(=O)O. The number of hydrogen-bond acceptors (Lipinski definition) is 14. The average Bonchev–Trinajstić information content (AvgIpc) is 3.44. The number of fused-ring (bicyclic) bond motifs is 1. The van der Waals surface area contributed by atoms with Gasteiger partial charge in [-0.1, -0.05) is 5.16 Å². The molecule has 2 aliphatic heterocycles. The number of carbonyl (C=O) groups excluding carboxylic acids is 2. The number of anilines is 1. The Morgan fingerprint density at radius 1 is 1.31 bits per heavy atom. The van der Waals surface area contributed by atoms with E-state index in [0.717, 1.165) is 29.7 Å². The predicted molar refractivity (Wildman–Crippen MR) is 170 cm³/mol. The van der Waals surface area contributed by atoms with Crippen molar-refractivity contribution in [3.05, 3.63) is 40.4 Å². The van der Waals surface area contributed by atoms with Crippen molar-refractivity contribution < 1.29 is 46.3 Å². The summed E-state index contributed by atoms with van der Waals surface area (Å²) >= 11 is 0.963. The van der Waals surface area contributed by atoms with Crippen molar-refractivity contribution in [2.45, 2.75) is 75.8 Å². The summed E-state index contributed by atoms with van der Waals surface area (Å²) in [4.78, 5) is 48.3. The zero-order valence-electron chi connectivity index (χ0n) is 26.1. The van der Waals surface area contributed by atoms with Crippen molar-refractivity contribution >= 4 is 56.2 Å². The number of amidine groups is 1. The van der Waals surface area contributed by atoms with Crippen LogP contribution in [0, 0.1) is 11.3 Å². The van der Waals surface area contributed by atoms with Gasteiger partial charge in [-0.05, 0) is 82.7 Å². The molecular weight excluding hydrogens is 672 g/mol. The van der Waals surface area contributed by atoms with E-state index in [1.807, 2.05) is 6.07 Å². The first kappa shape index (κ1) is 35.0. The van der Waals surface area contributed by atoms with Crippen molar-refractivity contribution in [1.82, 2.24) is 20.7 Å². The molecule has 2 fully saturated rings. The summed E-state index contributed by atoms with van der Waals surface area (Å²) in [7, 11) is -5.03. The Labute approximate surface area is 279 Å². The van der Waals surface area contributed by atoms with Crippen molar-refractivity contribution in [1.29, 1.82) is 5.41 Å². The summed E-state index contributed by atoms with van der Waals surface area (Å²) in [5.41, 5.74) is 8.72. The number of carboxylic acid groups (broad SMARTS) is 1. The van der Waals surface area contributed by atoms with Crippen LogP contribution in [0.15, 0.2) is 28.7 Å². The van der Waals surface area contributed by atoms with Gasteiger partial charge in [-0.15, -0.1) is 15.6 Å². The molecule has 0 unspecified atom stereocenters. The lowest BCUT2D eigenvalue weighted by atomic mass is 9.80. The minimum atomic E-state index is -5.03. The predicted octanol–water partition coefficient (Wildman–Crippen LogP) is 0.175. The second-order valence-electron chi connectivity index (χ2n) is 12.5. The molecule has 0 radical (unpaired) electrons. The number of oxime groups is 1. The standard InChI is InChI=1S/C28H36N8O10S2/c1-27(2)21(24(38)36(27)46-48(41,42)43)34-23(37)20(17-12-47-26(31)33-17)35-45-28(3,25(39)40)19-7-5-14-10-15(4-6-18(14)44-19)22(30)32-16-8-13(9-16)11-29/h4,6,10,12-13,16,19,21H,5,7-9,11,29H2,1-3H3,(H2,30,32)(H2,31,33)(H,34,37)(H,39,40)(H,41,42,43)/b35-20-/t13-,16-,19-,21-,28+/m1/s1. The molecule has 0 bridgehead atoms. The number of aryl methyl sites for hydroxylation is 1. The Hall–Kier alpha value is -4.37. The van der Waals surface area contributed by atoms with Gasteiger partial charge >= 0.3 is 16.4 Å². The van der Waals surface area contributed by atoms with E-state index in [1.165, 1.54) is 26.2 Å². The number of carboxylic acids is 1. The first-order valence-electron chi connectivity index (χ1n) is 14.8. The summed E-state index contributed by atoms with van der Waals surface area (Å²) in [5.74, 6) is -2.32. The van der Waals surface area contributed by atoms with E-state index in [4.69, 9.17) is 31.0 Å². The fourth-order valence-corrected chi connectivity index (χ4v) is 6.66. The van der Waals surface area contributed by atoms with Gasteiger partial charge in [0.25, 0.3) is 17.4 Å². The Bertz CT molecular complexity index is 1770. The van der Waals surface area contributed by atoms with Gasteiger partial charge in [-0.3, -0.25) is 19.6 Å². The number of ether oxygens (including phenoxy) is 1. The minimum absolute atomic E-state index is 0.0570. The van der Waals surface area contributed by atoms with Crippen LogP contribution in [0.4, 0.5) is 5.13 Å². The maximum Gasteiger partial charge on any atom is 0.418 e. The smallest absolute Gasteiger partial charge is 0.418 e. The lowest BCUT2D eigenvalue weighted by Gasteiger charge is -2.50. The van der Waals surface area contributed by atoms with Crippen LogP contribution in [0.25, 0.3) is 0 Å². The van der Waals surface area contributed by atoms with Gasteiger partial charge in [0.2, 0.25) is 0 Å². The van der Waals surface area contributed by atoms with E-state index in [2.05, 4.69) is 25.1 Å². The van der Waals surface area contributed by atoms with Crippen LogP contribution in [0.5, 0.6) is 5.75 Å². The Morgan fingerprint density at radius 3 is 2.60 bits per heavy atom. The molecule has 2 amide bonds. The second kappa shape index (κ2) is 12.9. The number of aromatic nitrogens is 1. The molecule has 20 heteroatoms. The minimum Gasteiger partial charge on any atom is -0.485 e. The molecule has 0 spiro atoms. The van der Waals surface area contributed by atoms with Crippen LogP contribution >= 0.6 is 11.3 Å². The molecule has 1 aliphatic carbocycles. The van der Waals surface area contributed by atoms with Crippen LogP contribution in [0.3, 0.4) is 0 Å². The molecule has 2 aromatic rings. The molecule has 260 valence electrons. The van der Waals surface area contributed by atoms with Crippen molar-refractivity contribution in [2.24, 2.45) is 16.8 Å². The molecule has 1 aromatic heterocycles. The van der Waals surface area contributed by atoms with E-state index in [0.29, 0.717) is 35.3 Å². The van der Waals surface area contributed by atoms with Crippen LogP contribution < -0.4 is 26.8 Å². The van der Waals surface area contributed by atoms with Gasteiger partial charge in [0.1, 0.15) is 23.3 Å². The number of rotatable bonds is 12. The third-order valence-corrected chi connectivity index (χ3v) is 9.69. The third-order valence-electron chi connectivity index (χ3n) is 8.68. The number of aliphatic carboxylic acids is 1. The average molecular weight is 709 g/mol. The fraction of sp³-hybridized carbons (Fsp3) is 0.500. The van der Waals surface area contributed by atoms with Crippen molar-refractivity contribution in [2.75, 3.05) is 12.3 Å². The van der Waals surface area contributed by atoms with Crippen molar-refractivity contribution in [3.63, 3.8) is 0 Å². The molecule has 3 heterocycles. The van der Waals surface area contributed by atoms with E-state index in [-0.39, 0.29) is 29.1 Å². The van der Waals surface area contributed by atoms with Crippen LogP contribution in [-0.2, 0) is 40.3 Å². The highest BCUT2D eigenvalue weighted by atomic mass is 32.3. The van der Waals surface area contributed by atoms with Gasteiger partial charge in [0.05, 0.1) is 5.54 Å². The normalized spacial score (nSPS) is 24.6. The van der Waals surface area contributed by atoms with E-state index in [1.54, 1.807) is 12.1 Å². The molecule has 1 aromatic carbocycles. The number of β-lactam (4-membered cyclic amide) rings is 1. The van der Waals surface area contributed by atoms with Gasteiger partial charge < -0.3 is 36.8 Å². The molecule has 3 atom stereocenters. The van der Waals surface area contributed by atoms with Crippen molar-refractivity contribution in [3.8, 4) is 5.75 Å². The highest BCUT2D eigenvalue weighted by Gasteiger charge is 2.58. The van der Waals surface area contributed by atoms with Crippen LogP contribution in [0.2, 0.25) is 0 Å². The maximum atomic E-state index is 13.4. The fourth-order valence-electron chi connectivity index (χ4n) is 5.66. The quantitative estimate of drug-likeness (QED) is 0.0509. The topological polar surface area (TPSA) is 282 Å². The monoisotopic (exact) mass is 708 g/mol. The molecule has 48 heavy (non-hydrogen) atoms. The molecule has 18 nitrogen and oxygen atoms in total. The second-order valence-corrected chi connectivity index (χ2v) is 14.4. The van der Waals surface area contributed by atoms with Gasteiger partial charge in [-0.25, -0.2) is 9.78 Å². The van der Waals surface area contributed by atoms with Crippen LogP contribution in [-0.4, -0.2) is 93.3 Å². The van der Waals surface area contributed by atoms with Gasteiger partial charge in [-0.2, -0.15) is 13.5 Å². The number of nitrogen functional groups attached to an aromatic ring is 1. The summed E-state index contributed by atoms with van der Waals surface area (Å²) in [6, 6.07) is 4.03. The number of carbonyl (C=O) groups is 3. The zero-order valence-corrected chi connectivity index (χ0v) is 27.8. The summed E-state index contributed by atoms with van der Waals surface area (Å²) in [5, 5.41) is 30.0. The first-order chi connectivity index (χ1) is 22.4. The Morgan fingerprint density at radius 2 is 2.02 bits per heavy atom. The number of amides is 2. The number of hydroxylamine groups is 2. The zero-order chi connectivity index (χ0) is 35.2. The highest BCUT2D eigenvalue weighted by molar-refractivity contribution is 7.80. The highest BCUT2D eigenvalue weighted by Crippen LogP contribution is 2.36. The summed E-state index contributed by atoms with van der Waals surface area (Å²) in [6.07, 6.45) is 1.33. The Balaban J connectivity index is 1.32. The molecular formula is C28H36N8O10S2. The van der Waals surface area contributed by atoms with E-state index >= 15 is 0 Å². The van der Waals surface area contributed by atoms with E-state index in [9.17, 15) is 27.9 Å². The number of nitrogens with one attached hydrogen (secondary N) is 3. The number of nitrogens with zero attached hydrogens (tertiary/aromatic N) is 3. The largest absolute Gasteiger partial charge is 0.485 e. The first-order valence-corrected chi connectivity index (χ1v) is 17.1. The summed E-state index contributed by atoms with van der Waals surface area (Å²) in [6.45, 7) is 4.60. The van der Waals surface area contributed by atoms with Crippen LogP contribution in [0.1, 0.15) is 56.9 Å². The molecule has 9 N–H and O–H groups in total. The molecule has 3 aliphatic rings. The van der Waals surface area contributed by atoms with Gasteiger partial charge in [0, 0.05) is 17.0 Å². The molecule has 5 rings (SSSR count). The molecule has 1 saturated heterocycles. The summed E-state index contributed by atoms with van der Waals surface area (Å²) < 4.78 is 41.7. The Kier molecular flexibility index (Phi) is 9.40. The lowest BCUT2D eigenvalue weighted by molar-refractivity contribution is -0.218. The number of hydrogen-bond donors (Lipinski definition) is 7. The maximum absolute atomic E-state index is 13.4. The number of benzene rings is 1.